The van der Waals surface area contributed by atoms with Crippen molar-refractivity contribution in [1.82, 2.24) is 34.9 Å². The normalized spacial score (nSPS) is 14.9. The molecule has 3 aromatic rings. The van der Waals surface area contributed by atoms with Gasteiger partial charge in [-0.1, -0.05) is 0 Å². The van der Waals surface area contributed by atoms with Gasteiger partial charge in [-0.15, -0.1) is 0 Å². The highest BCUT2D eigenvalue weighted by Gasteiger charge is 2.21. The highest BCUT2D eigenvalue weighted by atomic mass is 15.4. The van der Waals surface area contributed by atoms with Crippen molar-refractivity contribution in [1.29, 1.82) is 0 Å². The summed E-state index contributed by atoms with van der Waals surface area (Å²) in [6.07, 6.45) is 9.00. The molecule has 0 aromatic carbocycles. The summed E-state index contributed by atoms with van der Waals surface area (Å²) in [7, 11) is 0. The molecular formula is C20H25N9. The van der Waals surface area contributed by atoms with E-state index in [0.29, 0.717) is 6.54 Å². The summed E-state index contributed by atoms with van der Waals surface area (Å²) in [6, 6.07) is 7.73. The van der Waals surface area contributed by atoms with E-state index in [1.54, 1.807) is 29.5 Å². The molecule has 1 saturated heterocycles. The summed E-state index contributed by atoms with van der Waals surface area (Å²) < 4.78 is 1.75. The van der Waals surface area contributed by atoms with Crippen LogP contribution in [0.25, 0.3) is 5.82 Å². The zero-order valence-electron chi connectivity index (χ0n) is 16.5. The second kappa shape index (κ2) is 9.13. The molecule has 0 saturated carbocycles. The molecule has 3 aromatic heterocycles. The van der Waals surface area contributed by atoms with E-state index in [4.69, 9.17) is 4.99 Å². The molecule has 1 fully saturated rings. The summed E-state index contributed by atoms with van der Waals surface area (Å²) >= 11 is 0. The van der Waals surface area contributed by atoms with Gasteiger partial charge in [-0.25, -0.2) is 24.6 Å². The van der Waals surface area contributed by atoms with Gasteiger partial charge in [0.2, 0.25) is 5.95 Å². The predicted octanol–water partition coefficient (Wildman–Crippen LogP) is 1.34. The summed E-state index contributed by atoms with van der Waals surface area (Å²) in [6.45, 7) is 6.99. The number of hydrogen-bond acceptors (Lipinski definition) is 6. The number of guanidine groups is 1. The minimum Gasteiger partial charge on any atom is -0.357 e. The summed E-state index contributed by atoms with van der Waals surface area (Å²) in [5.41, 5.74) is 1.09. The van der Waals surface area contributed by atoms with Gasteiger partial charge in [0.25, 0.3) is 0 Å². The highest BCUT2D eigenvalue weighted by Crippen LogP contribution is 2.11. The van der Waals surface area contributed by atoms with Gasteiger partial charge in [-0.2, -0.15) is 5.10 Å². The first kappa shape index (κ1) is 18.9. The molecule has 4 rings (SSSR count). The largest absolute Gasteiger partial charge is 0.357 e. The fraction of sp³-hybridized carbons (Fsp3) is 0.350. The van der Waals surface area contributed by atoms with E-state index in [-0.39, 0.29) is 0 Å². The molecule has 0 radical (unpaired) electrons. The number of rotatable bonds is 5. The quantitative estimate of drug-likeness (QED) is 0.519. The van der Waals surface area contributed by atoms with Crippen molar-refractivity contribution >= 4 is 11.9 Å². The van der Waals surface area contributed by atoms with E-state index in [0.717, 1.165) is 56.0 Å². The molecule has 4 heterocycles. The molecule has 9 nitrogen and oxygen atoms in total. The van der Waals surface area contributed by atoms with Crippen molar-refractivity contribution in [2.24, 2.45) is 4.99 Å². The molecule has 9 heteroatoms. The number of pyridine rings is 1. The Morgan fingerprint density at radius 2 is 1.86 bits per heavy atom. The van der Waals surface area contributed by atoms with Gasteiger partial charge in [0.1, 0.15) is 0 Å². The first-order chi connectivity index (χ1) is 14.3. The van der Waals surface area contributed by atoms with Crippen molar-refractivity contribution in [3.05, 3.63) is 60.8 Å². The Morgan fingerprint density at radius 1 is 1.03 bits per heavy atom. The lowest BCUT2D eigenvalue weighted by Crippen LogP contribution is -2.52. The number of aliphatic imine (C=N–C) groups is 1. The van der Waals surface area contributed by atoms with E-state index >= 15 is 0 Å². The second-order valence-electron chi connectivity index (χ2n) is 6.67. The maximum absolute atomic E-state index is 4.85. The zero-order chi connectivity index (χ0) is 19.9. The molecular weight excluding hydrogens is 366 g/mol. The first-order valence-electron chi connectivity index (χ1n) is 9.83. The van der Waals surface area contributed by atoms with Crippen LogP contribution in [0.4, 0.5) is 5.95 Å². The van der Waals surface area contributed by atoms with Crippen LogP contribution in [0, 0.1) is 0 Å². The third-order valence-electron chi connectivity index (χ3n) is 4.71. The van der Waals surface area contributed by atoms with Crippen molar-refractivity contribution in [3.8, 4) is 5.82 Å². The number of aromatic nitrogens is 5. The van der Waals surface area contributed by atoms with Crippen LogP contribution < -0.4 is 10.2 Å². The van der Waals surface area contributed by atoms with Crippen LogP contribution in [-0.2, 0) is 6.54 Å². The molecule has 0 amide bonds. The van der Waals surface area contributed by atoms with Crippen LogP contribution >= 0.6 is 0 Å². The number of piperazine rings is 1. The Bertz CT molecular complexity index is 916. The Morgan fingerprint density at radius 3 is 2.59 bits per heavy atom. The number of nitrogens with zero attached hydrogens (tertiary/aromatic N) is 8. The smallest absolute Gasteiger partial charge is 0.225 e. The third-order valence-corrected chi connectivity index (χ3v) is 4.71. The van der Waals surface area contributed by atoms with E-state index in [1.807, 2.05) is 30.5 Å². The standard InChI is InChI=1S/C20H25N9/c1-2-21-19(27-11-13-28(14-12-27)20-23-6-3-7-24-20)25-16-17-5-9-22-18(15-17)29-10-4-8-26-29/h3-10,15H,2,11-14,16H2,1H3,(H,21,25). The van der Waals surface area contributed by atoms with Crippen LogP contribution in [0.2, 0.25) is 0 Å². The molecule has 0 unspecified atom stereocenters. The van der Waals surface area contributed by atoms with Crippen LogP contribution in [-0.4, -0.2) is 68.3 Å². The Hall–Kier alpha value is -3.49. The monoisotopic (exact) mass is 391 g/mol. The van der Waals surface area contributed by atoms with E-state index < -0.39 is 0 Å². The minimum absolute atomic E-state index is 0.584. The summed E-state index contributed by atoms with van der Waals surface area (Å²) in [5, 5.41) is 7.65. The van der Waals surface area contributed by atoms with Crippen molar-refractivity contribution in [3.63, 3.8) is 0 Å². The van der Waals surface area contributed by atoms with E-state index in [1.165, 1.54) is 0 Å². The van der Waals surface area contributed by atoms with Crippen molar-refractivity contribution in [2.75, 3.05) is 37.6 Å². The molecule has 1 N–H and O–H groups in total. The van der Waals surface area contributed by atoms with Gasteiger partial charge in [0, 0.05) is 63.7 Å². The van der Waals surface area contributed by atoms with Gasteiger partial charge in [0.05, 0.1) is 6.54 Å². The third kappa shape index (κ3) is 4.68. The van der Waals surface area contributed by atoms with Gasteiger partial charge < -0.3 is 15.1 Å². The average Bonchev–Trinajstić information content (AvgIpc) is 3.33. The molecule has 150 valence electrons. The van der Waals surface area contributed by atoms with Crippen molar-refractivity contribution in [2.45, 2.75) is 13.5 Å². The van der Waals surface area contributed by atoms with Crippen LogP contribution in [0.15, 0.2) is 60.2 Å². The average molecular weight is 391 g/mol. The molecule has 29 heavy (non-hydrogen) atoms. The fourth-order valence-corrected chi connectivity index (χ4v) is 3.25. The number of anilines is 1. The zero-order valence-corrected chi connectivity index (χ0v) is 16.5. The second-order valence-corrected chi connectivity index (χ2v) is 6.67. The number of nitrogens with one attached hydrogen (secondary N) is 1. The highest BCUT2D eigenvalue weighted by molar-refractivity contribution is 5.80. The lowest BCUT2D eigenvalue weighted by molar-refractivity contribution is 0.370. The molecule has 0 atom stereocenters. The maximum atomic E-state index is 4.85. The molecule has 1 aliphatic heterocycles. The van der Waals surface area contributed by atoms with Crippen molar-refractivity contribution < 1.29 is 0 Å². The van der Waals surface area contributed by atoms with Crippen LogP contribution in [0.1, 0.15) is 12.5 Å². The van der Waals surface area contributed by atoms with Gasteiger partial charge in [0.15, 0.2) is 11.8 Å². The van der Waals surface area contributed by atoms with E-state index in [2.05, 4.69) is 42.1 Å². The van der Waals surface area contributed by atoms with E-state index in [9.17, 15) is 0 Å². The Balaban J connectivity index is 1.41. The van der Waals surface area contributed by atoms with Crippen LogP contribution in [0.5, 0.6) is 0 Å². The molecule has 0 spiro atoms. The van der Waals surface area contributed by atoms with Crippen LogP contribution in [0.3, 0.4) is 0 Å². The first-order valence-corrected chi connectivity index (χ1v) is 9.83. The lowest BCUT2D eigenvalue weighted by atomic mass is 10.2. The topological polar surface area (TPSA) is 87.4 Å². The molecule has 0 bridgehead atoms. The minimum atomic E-state index is 0.584. The SMILES string of the molecule is CCNC(=NCc1ccnc(-n2cccn2)c1)N1CCN(c2ncccn2)CC1. The Kier molecular flexibility index (Phi) is 5.94. The predicted molar refractivity (Wildman–Crippen MR) is 112 cm³/mol. The molecule has 0 aliphatic carbocycles. The fourth-order valence-electron chi connectivity index (χ4n) is 3.25. The molecule has 1 aliphatic rings. The van der Waals surface area contributed by atoms with Gasteiger partial charge in [-0.05, 0) is 36.8 Å². The Labute approximate surface area is 170 Å². The number of hydrogen-bond donors (Lipinski definition) is 1. The maximum Gasteiger partial charge on any atom is 0.225 e. The van der Waals surface area contributed by atoms with Gasteiger partial charge >= 0.3 is 0 Å². The summed E-state index contributed by atoms with van der Waals surface area (Å²) in [5.74, 6) is 2.51. The van der Waals surface area contributed by atoms with Gasteiger partial charge in [-0.3, -0.25) is 0 Å². The summed E-state index contributed by atoms with van der Waals surface area (Å²) in [4.78, 5) is 22.4. The lowest BCUT2D eigenvalue weighted by Gasteiger charge is -2.36.